The fourth-order valence-electron chi connectivity index (χ4n) is 4.91. The molecule has 1 atom stereocenters. The van der Waals surface area contributed by atoms with E-state index in [2.05, 4.69) is 5.32 Å². The maximum atomic E-state index is 13.9. The minimum atomic E-state index is -0.796. The molecule has 1 saturated carbocycles. The Morgan fingerprint density at radius 3 is 2.21 bits per heavy atom. The van der Waals surface area contributed by atoms with Crippen molar-refractivity contribution in [3.8, 4) is 11.5 Å². The second-order valence-corrected chi connectivity index (χ2v) is 10.5. The summed E-state index contributed by atoms with van der Waals surface area (Å²) in [6.45, 7) is -0.230. The van der Waals surface area contributed by atoms with E-state index in [1.165, 1.54) is 11.3 Å². The topological polar surface area (TPSA) is 67.9 Å². The molecule has 0 saturated heterocycles. The third-order valence-electron chi connectivity index (χ3n) is 7.03. The smallest absolute Gasteiger partial charge is 0.261 e. The van der Waals surface area contributed by atoms with Crippen molar-refractivity contribution in [2.24, 2.45) is 0 Å². The maximum absolute atomic E-state index is 13.9. The molecule has 2 amide bonds. The van der Waals surface area contributed by atoms with Crippen LogP contribution in [0.25, 0.3) is 0 Å². The summed E-state index contributed by atoms with van der Waals surface area (Å²) in [7, 11) is 1.54. The Kier molecular flexibility index (Phi) is 10.5. The Bertz CT molecular complexity index is 1230. The predicted molar refractivity (Wildman–Crippen MR) is 154 cm³/mol. The Balaban J connectivity index is 1.66. The molecule has 1 aliphatic carbocycles. The van der Waals surface area contributed by atoms with Crippen LogP contribution in [0.2, 0.25) is 10.0 Å². The molecule has 6 nitrogen and oxygen atoms in total. The second-order valence-electron chi connectivity index (χ2n) is 9.71. The third kappa shape index (κ3) is 7.90. The van der Waals surface area contributed by atoms with Crippen LogP contribution < -0.4 is 14.8 Å². The molecule has 0 spiro atoms. The van der Waals surface area contributed by atoms with Crippen LogP contribution in [0.5, 0.6) is 11.5 Å². The molecule has 8 heteroatoms. The summed E-state index contributed by atoms with van der Waals surface area (Å²) in [5.74, 6) is 0.397. The zero-order valence-corrected chi connectivity index (χ0v) is 23.6. The van der Waals surface area contributed by atoms with Crippen LogP contribution in [0.3, 0.4) is 0 Å². The molecule has 1 aliphatic rings. The van der Waals surface area contributed by atoms with Crippen molar-refractivity contribution >= 4 is 35.0 Å². The number of para-hydroxylation sites is 2. The standard InChI is InChI=1S/C31H34Cl2N2O4/c1-38-28-17-8-9-18-29(28)39-21-30(36)35(20-24-25(32)15-10-16-26(24)33)27(19-22-11-4-2-5-12-22)31(37)34-23-13-6-3-7-14-23/h2,4-5,8-12,15-18,23,27H,3,6-7,13-14,19-21H2,1H3,(H,34,37)/t27-/m1/s1. The van der Waals surface area contributed by atoms with Gasteiger partial charge in [0.15, 0.2) is 18.1 Å². The van der Waals surface area contributed by atoms with Crippen LogP contribution in [0.15, 0.2) is 72.8 Å². The largest absolute Gasteiger partial charge is 0.493 e. The average Bonchev–Trinajstić information content (AvgIpc) is 2.96. The Hall–Kier alpha value is -3.22. The number of carbonyl (C=O) groups excluding carboxylic acids is 2. The molecule has 0 unspecified atom stereocenters. The van der Waals surface area contributed by atoms with Gasteiger partial charge in [-0.2, -0.15) is 0 Å². The number of halogens is 2. The molecule has 206 valence electrons. The first-order valence-corrected chi connectivity index (χ1v) is 14.0. The molecular formula is C31H34Cl2N2O4. The lowest BCUT2D eigenvalue weighted by Crippen LogP contribution is -2.53. The lowest BCUT2D eigenvalue weighted by molar-refractivity contribution is -0.143. The second kappa shape index (κ2) is 14.2. The van der Waals surface area contributed by atoms with Gasteiger partial charge in [-0.1, -0.05) is 91.0 Å². The summed E-state index contributed by atoms with van der Waals surface area (Å²) in [5.41, 5.74) is 1.52. The minimum absolute atomic E-state index is 0.0577. The molecule has 0 radical (unpaired) electrons. The summed E-state index contributed by atoms with van der Waals surface area (Å²) in [6.07, 6.45) is 5.55. The molecule has 0 bridgehead atoms. The lowest BCUT2D eigenvalue weighted by Gasteiger charge is -2.33. The Morgan fingerprint density at radius 1 is 0.897 bits per heavy atom. The van der Waals surface area contributed by atoms with Crippen molar-refractivity contribution in [2.45, 2.75) is 57.2 Å². The highest BCUT2D eigenvalue weighted by Gasteiger charge is 2.33. The normalized spacial score (nSPS) is 14.3. The number of methoxy groups -OCH3 is 1. The van der Waals surface area contributed by atoms with Gasteiger partial charge in [-0.05, 0) is 42.7 Å². The van der Waals surface area contributed by atoms with Gasteiger partial charge < -0.3 is 19.7 Å². The number of rotatable bonds is 11. The van der Waals surface area contributed by atoms with Crippen LogP contribution in [-0.4, -0.2) is 42.5 Å². The van der Waals surface area contributed by atoms with E-state index in [4.69, 9.17) is 32.7 Å². The predicted octanol–water partition coefficient (Wildman–Crippen LogP) is 6.47. The number of hydrogen-bond donors (Lipinski definition) is 1. The quantitative estimate of drug-likeness (QED) is 0.288. The highest BCUT2D eigenvalue weighted by atomic mass is 35.5. The van der Waals surface area contributed by atoms with E-state index in [0.717, 1.165) is 31.2 Å². The Morgan fingerprint density at radius 2 is 1.54 bits per heavy atom. The number of hydrogen-bond acceptors (Lipinski definition) is 4. The van der Waals surface area contributed by atoms with Gasteiger partial charge in [-0.25, -0.2) is 0 Å². The van der Waals surface area contributed by atoms with Gasteiger partial charge in [0.25, 0.3) is 5.91 Å². The molecular weight excluding hydrogens is 535 g/mol. The number of ether oxygens (including phenoxy) is 2. The fourth-order valence-corrected chi connectivity index (χ4v) is 5.43. The van der Waals surface area contributed by atoms with Crippen molar-refractivity contribution < 1.29 is 19.1 Å². The monoisotopic (exact) mass is 568 g/mol. The zero-order valence-electron chi connectivity index (χ0n) is 22.1. The number of amides is 2. The van der Waals surface area contributed by atoms with Gasteiger partial charge in [0.05, 0.1) is 7.11 Å². The van der Waals surface area contributed by atoms with Gasteiger partial charge >= 0.3 is 0 Å². The van der Waals surface area contributed by atoms with Crippen LogP contribution >= 0.6 is 23.2 Å². The molecule has 39 heavy (non-hydrogen) atoms. The summed E-state index contributed by atoms with van der Waals surface area (Å²) >= 11 is 13.0. The van der Waals surface area contributed by atoms with Gasteiger partial charge in [0.2, 0.25) is 5.91 Å². The molecule has 1 N–H and O–H groups in total. The maximum Gasteiger partial charge on any atom is 0.261 e. The molecule has 1 fully saturated rings. The summed E-state index contributed by atoms with van der Waals surface area (Å²) in [5, 5.41) is 4.08. The number of nitrogens with one attached hydrogen (secondary N) is 1. The molecule has 3 aromatic rings. The van der Waals surface area contributed by atoms with E-state index < -0.39 is 6.04 Å². The third-order valence-corrected chi connectivity index (χ3v) is 7.74. The highest BCUT2D eigenvalue weighted by Crippen LogP contribution is 2.29. The van der Waals surface area contributed by atoms with E-state index in [1.54, 1.807) is 43.5 Å². The van der Waals surface area contributed by atoms with Crippen LogP contribution in [0, 0.1) is 0 Å². The molecule has 0 aromatic heterocycles. The molecule has 0 heterocycles. The van der Waals surface area contributed by atoms with Crippen molar-refractivity contribution in [2.75, 3.05) is 13.7 Å². The molecule has 4 rings (SSSR count). The van der Waals surface area contributed by atoms with Crippen molar-refractivity contribution in [3.05, 3.63) is 94.0 Å². The van der Waals surface area contributed by atoms with Crippen LogP contribution in [0.4, 0.5) is 0 Å². The van der Waals surface area contributed by atoms with Crippen LogP contribution in [0.1, 0.15) is 43.2 Å². The van der Waals surface area contributed by atoms with E-state index in [9.17, 15) is 9.59 Å². The van der Waals surface area contributed by atoms with Gasteiger partial charge in [0.1, 0.15) is 6.04 Å². The molecule has 3 aromatic carbocycles. The molecule has 0 aliphatic heterocycles. The van der Waals surface area contributed by atoms with E-state index in [0.29, 0.717) is 33.5 Å². The van der Waals surface area contributed by atoms with Crippen molar-refractivity contribution in [1.29, 1.82) is 0 Å². The summed E-state index contributed by atoms with van der Waals surface area (Å²) in [6, 6.07) is 21.3. The van der Waals surface area contributed by atoms with Gasteiger partial charge in [0, 0.05) is 34.6 Å². The number of benzene rings is 3. The number of carbonyl (C=O) groups is 2. The van der Waals surface area contributed by atoms with Gasteiger partial charge in [-0.15, -0.1) is 0 Å². The van der Waals surface area contributed by atoms with Gasteiger partial charge in [-0.3, -0.25) is 9.59 Å². The van der Waals surface area contributed by atoms with E-state index in [1.807, 2.05) is 36.4 Å². The summed E-state index contributed by atoms with van der Waals surface area (Å²) < 4.78 is 11.3. The van der Waals surface area contributed by atoms with Crippen LogP contribution in [-0.2, 0) is 22.6 Å². The first kappa shape index (κ1) is 28.8. The zero-order chi connectivity index (χ0) is 27.6. The SMILES string of the molecule is COc1ccccc1OCC(=O)N(Cc1c(Cl)cccc1Cl)[C@H](Cc1ccccc1)C(=O)NC1CCCCC1. The van der Waals surface area contributed by atoms with Crippen molar-refractivity contribution in [3.63, 3.8) is 0 Å². The first-order valence-electron chi connectivity index (χ1n) is 13.3. The summed E-state index contributed by atoms with van der Waals surface area (Å²) in [4.78, 5) is 29.3. The van der Waals surface area contributed by atoms with E-state index in [-0.39, 0.29) is 31.0 Å². The lowest BCUT2D eigenvalue weighted by atomic mass is 9.94. The average molecular weight is 570 g/mol. The highest BCUT2D eigenvalue weighted by molar-refractivity contribution is 6.36. The first-order chi connectivity index (χ1) is 19.0. The number of nitrogens with zero attached hydrogens (tertiary/aromatic N) is 1. The van der Waals surface area contributed by atoms with Crippen molar-refractivity contribution in [1.82, 2.24) is 10.2 Å². The minimum Gasteiger partial charge on any atom is -0.493 e. The van der Waals surface area contributed by atoms with E-state index >= 15 is 0 Å². The fraction of sp³-hybridized carbons (Fsp3) is 0.355. The Labute approximate surface area is 240 Å².